The minimum atomic E-state index is -0.635. The third-order valence-electron chi connectivity index (χ3n) is 12.0. The fraction of sp³-hybridized carbons (Fsp3) is 0.455. The molecule has 0 spiro atoms. The molecule has 4 aromatic rings. The number of hydrogen-bond donors (Lipinski definition) is 2. The van der Waals surface area contributed by atoms with Gasteiger partial charge < -0.3 is 29.5 Å². The zero-order valence-corrected chi connectivity index (χ0v) is 35.6. The van der Waals surface area contributed by atoms with Crippen molar-refractivity contribution in [2.45, 2.75) is 65.1 Å². The molecular weight excluding hydrogens is 793 g/mol. The van der Waals surface area contributed by atoms with Gasteiger partial charge in [-0.25, -0.2) is 24.5 Å². The number of aromatic nitrogens is 4. The van der Waals surface area contributed by atoms with Crippen molar-refractivity contribution in [3.8, 4) is 5.88 Å². The first-order valence-electron chi connectivity index (χ1n) is 21.3. The van der Waals surface area contributed by atoms with Crippen molar-refractivity contribution in [1.82, 2.24) is 35.1 Å². The lowest BCUT2D eigenvalue weighted by Crippen LogP contribution is -2.63. The minimum absolute atomic E-state index is 0.0727. The molecule has 9 rings (SSSR count). The van der Waals surface area contributed by atoms with Crippen molar-refractivity contribution in [2.75, 3.05) is 90.4 Å². The van der Waals surface area contributed by atoms with Crippen molar-refractivity contribution >= 4 is 58.3 Å². The second-order valence-electron chi connectivity index (χ2n) is 17.4. The Morgan fingerprint density at radius 1 is 0.903 bits per heavy atom. The quantitative estimate of drug-likeness (QED) is 0.259. The number of pyridine rings is 2. The molecule has 0 saturated carbocycles. The van der Waals surface area contributed by atoms with Crippen LogP contribution in [-0.2, 0) is 33.7 Å². The number of fused-ring (bicyclic) bond motifs is 2. The first-order chi connectivity index (χ1) is 29.8. The molecule has 18 nitrogen and oxygen atoms in total. The van der Waals surface area contributed by atoms with Gasteiger partial charge in [-0.2, -0.15) is 0 Å². The maximum absolute atomic E-state index is 13.5. The topological polar surface area (TPSA) is 182 Å². The highest BCUT2D eigenvalue weighted by Gasteiger charge is 2.36. The molecular formula is C44H52N12O6. The molecule has 324 valence electrons. The van der Waals surface area contributed by atoms with Crippen molar-refractivity contribution in [3.05, 3.63) is 77.5 Å². The predicted molar refractivity (Wildman–Crippen MR) is 232 cm³/mol. The summed E-state index contributed by atoms with van der Waals surface area (Å²) in [4.78, 5) is 81.1. The van der Waals surface area contributed by atoms with Crippen LogP contribution in [0.5, 0.6) is 5.88 Å². The van der Waals surface area contributed by atoms with Crippen LogP contribution >= 0.6 is 0 Å². The lowest BCUT2D eigenvalue weighted by atomic mass is 10.0. The third kappa shape index (κ3) is 8.64. The van der Waals surface area contributed by atoms with Crippen LogP contribution < -0.4 is 35.0 Å². The Morgan fingerprint density at radius 3 is 2.44 bits per heavy atom. The van der Waals surface area contributed by atoms with E-state index < -0.39 is 11.7 Å². The highest BCUT2D eigenvalue weighted by atomic mass is 16.6. The maximum atomic E-state index is 13.5. The first kappa shape index (κ1) is 40.8. The fourth-order valence-electron chi connectivity index (χ4n) is 8.67. The standard InChI is InChI=1S/C44H52N12O6/c1-28-36(24-46-40-39(28)56(17-18-61-40)43(60)62-44(2,3)4)53-11-9-30-22-47-41(49-35(30)27-53)48-31-19-29(21-45-23-31)20-38(58)52-15-13-51(14-16-52)34-25-54(26-34)32-5-7-33(8-6-32)55-12-10-37(57)50-42(55)59/h5-8,19,21-24,34H,9-18,20,25-27H2,1-4H3,(H,47,48,49)(H,50,57,59). The van der Waals surface area contributed by atoms with E-state index in [0.29, 0.717) is 75.0 Å². The van der Waals surface area contributed by atoms with Crippen molar-refractivity contribution in [2.24, 2.45) is 0 Å². The van der Waals surface area contributed by atoms with Crippen molar-refractivity contribution < 1.29 is 28.7 Å². The van der Waals surface area contributed by atoms with E-state index in [1.54, 1.807) is 28.4 Å². The van der Waals surface area contributed by atoms with Gasteiger partial charge in [0.25, 0.3) is 0 Å². The SMILES string of the molecule is Cc1c(N2CCc3cnc(Nc4cncc(CC(=O)N5CCN(C6CN(c7ccc(N8CCC(=O)NC8=O)cc7)C6)CC5)c4)nc3C2)cnc2c1N(C(=O)OC(C)(C)C)CCO2. The Morgan fingerprint density at radius 2 is 1.68 bits per heavy atom. The molecule has 0 bridgehead atoms. The monoisotopic (exact) mass is 844 g/mol. The van der Waals surface area contributed by atoms with Gasteiger partial charge in [-0.3, -0.25) is 34.6 Å². The average Bonchev–Trinajstić information content (AvgIpc) is 3.23. The zero-order valence-electron chi connectivity index (χ0n) is 35.6. The van der Waals surface area contributed by atoms with Crippen LogP contribution in [0.2, 0.25) is 0 Å². The second-order valence-corrected chi connectivity index (χ2v) is 17.4. The number of benzene rings is 1. The van der Waals surface area contributed by atoms with E-state index in [0.717, 1.165) is 78.6 Å². The highest BCUT2D eigenvalue weighted by Crippen LogP contribution is 2.40. The molecule has 0 radical (unpaired) electrons. The van der Waals surface area contributed by atoms with Crippen LogP contribution in [0, 0.1) is 6.92 Å². The number of urea groups is 1. The normalized spacial score (nSPS) is 18.4. The summed E-state index contributed by atoms with van der Waals surface area (Å²) in [6.07, 6.45) is 7.95. The highest BCUT2D eigenvalue weighted by molar-refractivity contribution is 6.05. The molecule has 5 aliphatic rings. The van der Waals surface area contributed by atoms with Crippen LogP contribution in [0.4, 0.5) is 44.0 Å². The minimum Gasteiger partial charge on any atom is -0.474 e. The number of nitrogens with zero attached hydrogens (tertiary/aromatic N) is 10. The molecule has 18 heteroatoms. The number of imide groups is 1. The molecule has 1 aromatic carbocycles. The van der Waals surface area contributed by atoms with Gasteiger partial charge in [-0.15, -0.1) is 0 Å². The Balaban J connectivity index is 0.766. The number of hydrogen-bond acceptors (Lipinski definition) is 14. The van der Waals surface area contributed by atoms with Gasteiger partial charge in [0.2, 0.25) is 23.6 Å². The average molecular weight is 845 g/mol. The molecule has 5 aliphatic heterocycles. The Hall–Kier alpha value is -6.56. The van der Waals surface area contributed by atoms with Crippen LogP contribution in [-0.4, -0.2) is 131 Å². The number of ether oxygens (including phenoxy) is 2. The predicted octanol–water partition coefficient (Wildman–Crippen LogP) is 4.04. The van der Waals surface area contributed by atoms with Gasteiger partial charge >= 0.3 is 12.1 Å². The summed E-state index contributed by atoms with van der Waals surface area (Å²) >= 11 is 0. The molecule has 8 heterocycles. The lowest BCUT2D eigenvalue weighted by Gasteiger charge is -2.49. The maximum Gasteiger partial charge on any atom is 0.415 e. The van der Waals surface area contributed by atoms with E-state index in [-0.39, 0.29) is 24.3 Å². The molecule has 0 atom stereocenters. The van der Waals surface area contributed by atoms with E-state index >= 15 is 0 Å². The molecule has 2 N–H and O–H groups in total. The number of carbonyl (C=O) groups excluding carboxylic acids is 4. The summed E-state index contributed by atoms with van der Waals surface area (Å²) < 4.78 is 11.6. The first-order valence-corrected chi connectivity index (χ1v) is 21.3. The van der Waals surface area contributed by atoms with Gasteiger partial charge in [-0.1, -0.05) is 0 Å². The lowest BCUT2D eigenvalue weighted by molar-refractivity contribution is -0.132. The molecule has 5 amide bonds. The summed E-state index contributed by atoms with van der Waals surface area (Å²) in [5.74, 6) is 0.687. The fourth-order valence-corrected chi connectivity index (χ4v) is 8.67. The molecule has 3 fully saturated rings. The van der Waals surface area contributed by atoms with E-state index in [2.05, 4.69) is 40.3 Å². The number of rotatable bonds is 8. The van der Waals surface area contributed by atoms with E-state index in [9.17, 15) is 19.2 Å². The van der Waals surface area contributed by atoms with Crippen LogP contribution in [0.25, 0.3) is 0 Å². The van der Waals surface area contributed by atoms with Gasteiger partial charge in [-0.05, 0) is 75.6 Å². The van der Waals surface area contributed by atoms with Gasteiger partial charge in [0.05, 0.1) is 49.0 Å². The Kier molecular flexibility index (Phi) is 11.0. The second kappa shape index (κ2) is 16.7. The summed E-state index contributed by atoms with van der Waals surface area (Å²) in [6, 6.07) is 9.87. The van der Waals surface area contributed by atoms with Gasteiger partial charge in [0.15, 0.2) is 0 Å². The largest absolute Gasteiger partial charge is 0.474 e. The number of anilines is 6. The van der Waals surface area contributed by atoms with Crippen LogP contribution in [0.15, 0.2) is 55.1 Å². The van der Waals surface area contributed by atoms with Crippen LogP contribution in [0.1, 0.15) is 49.6 Å². The Labute approximate surface area is 360 Å². The molecule has 3 saturated heterocycles. The third-order valence-corrected chi connectivity index (χ3v) is 12.0. The number of nitrogens with one attached hydrogen (secondary N) is 2. The molecule has 0 unspecified atom stereocenters. The molecule has 62 heavy (non-hydrogen) atoms. The zero-order chi connectivity index (χ0) is 43.1. The van der Waals surface area contributed by atoms with Gasteiger partial charge in [0.1, 0.15) is 17.9 Å². The molecule has 3 aromatic heterocycles. The van der Waals surface area contributed by atoms with E-state index in [1.807, 2.05) is 69.1 Å². The van der Waals surface area contributed by atoms with Crippen molar-refractivity contribution in [1.29, 1.82) is 0 Å². The molecule has 0 aliphatic carbocycles. The number of amides is 5. The van der Waals surface area contributed by atoms with Crippen LogP contribution in [0.3, 0.4) is 0 Å². The Bertz CT molecular complexity index is 2370. The summed E-state index contributed by atoms with van der Waals surface area (Å²) in [6.45, 7) is 14.7. The van der Waals surface area contributed by atoms with Gasteiger partial charge in [0, 0.05) is 94.2 Å². The van der Waals surface area contributed by atoms with E-state index in [1.165, 1.54) is 0 Å². The number of carbonyl (C=O) groups is 4. The van der Waals surface area contributed by atoms with Crippen molar-refractivity contribution in [3.63, 3.8) is 0 Å². The summed E-state index contributed by atoms with van der Waals surface area (Å²) in [7, 11) is 0. The number of piperazine rings is 1. The summed E-state index contributed by atoms with van der Waals surface area (Å²) in [5.41, 5.74) is 7.10. The smallest absolute Gasteiger partial charge is 0.415 e. The summed E-state index contributed by atoms with van der Waals surface area (Å²) in [5, 5.41) is 5.67. The van der Waals surface area contributed by atoms with E-state index in [4.69, 9.17) is 14.5 Å².